The van der Waals surface area contributed by atoms with Crippen LogP contribution in [0.5, 0.6) is 0 Å². The first-order valence-electron chi connectivity index (χ1n) is 5.18. The largest absolute Gasteiger partial charge is 0.384 e. The monoisotopic (exact) mass is 285 g/mol. The lowest BCUT2D eigenvalue weighted by molar-refractivity contribution is -0.137. The zero-order valence-electron chi connectivity index (χ0n) is 9.48. The molecular formula is C12H16BrNO2. The Hall–Kier alpha value is -0.870. The lowest BCUT2D eigenvalue weighted by Crippen LogP contribution is -2.35. The smallest absolute Gasteiger partial charge is 0.250 e. The molecule has 1 atom stereocenters. The number of hydrogen-bond donors (Lipinski definition) is 1. The van der Waals surface area contributed by atoms with Crippen LogP contribution in [0.3, 0.4) is 0 Å². The van der Waals surface area contributed by atoms with Crippen molar-refractivity contribution in [1.29, 1.82) is 0 Å². The molecule has 0 aliphatic carbocycles. The Morgan fingerprint density at radius 3 is 2.81 bits per heavy atom. The Kier molecular flexibility index (Phi) is 4.96. The second-order valence-corrected chi connectivity index (χ2v) is 4.73. The number of rotatable bonds is 4. The Labute approximate surface area is 104 Å². The van der Waals surface area contributed by atoms with Crippen LogP contribution in [0.25, 0.3) is 0 Å². The lowest BCUT2D eigenvalue weighted by Gasteiger charge is -2.18. The van der Waals surface area contributed by atoms with E-state index in [1.54, 1.807) is 11.9 Å². The van der Waals surface area contributed by atoms with Crippen molar-refractivity contribution in [3.63, 3.8) is 0 Å². The summed E-state index contributed by atoms with van der Waals surface area (Å²) in [6, 6.07) is 7.98. The molecule has 88 valence electrons. The number of hydrogen-bond acceptors (Lipinski definition) is 2. The van der Waals surface area contributed by atoms with E-state index in [1.807, 2.05) is 24.3 Å². The Morgan fingerprint density at radius 1 is 1.56 bits per heavy atom. The number of amides is 1. The van der Waals surface area contributed by atoms with E-state index in [-0.39, 0.29) is 5.91 Å². The van der Waals surface area contributed by atoms with Crippen LogP contribution in [0.2, 0.25) is 0 Å². The lowest BCUT2D eigenvalue weighted by atomic mass is 10.1. The third kappa shape index (κ3) is 3.94. The van der Waals surface area contributed by atoms with Crippen LogP contribution < -0.4 is 0 Å². The molecule has 1 aromatic carbocycles. The third-order valence-electron chi connectivity index (χ3n) is 2.36. The Bertz CT molecular complexity index is 366. The van der Waals surface area contributed by atoms with Crippen LogP contribution in [0.1, 0.15) is 12.5 Å². The molecule has 3 nitrogen and oxygen atoms in total. The van der Waals surface area contributed by atoms with E-state index < -0.39 is 6.10 Å². The molecule has 16 heavy (non-hydrogen) atoms. The number of aliphatic hydroxyl groups excluding tert-OH is 1. The maximum Gasteiger partial charge on any atom is 0.250 e. The molecule has 0 bridgehead atoms. The van der Waals surface area contributed by atoms with E-state index in [0.29, 0.717) is 6.54 Å². The molecule has 0 heterocycles. The summed E-state index contributed by atoms with van der Waals surface area (Å²) < 4.78 is 1.04. The predicted octanol–water partition coefficient (Wildman–Crippen LogP) is 1.83. The summed E-state index contributed by atoms with van der Waals surface area (Å²) in [6.07, 6.45) is -0.137. The van der Waals surface area contributed by atoms with Crippen LogP contribution in [0.4, 0.5) is 0 Å². The highest BCUT2D eigenvalue weighted by atomic mass is 79.9. The summed E-state index contributed by atoms with van der Waals surface area (Å²) in [6.45, 7) is 2.10. The number of halogens is 1. The van der Waals surface area contributed by atoms with Gasteiger partial charge in [0.2, 0.25) is 0 Å². The van der Waals surface area contributed by atoms with Gasteiger partial charge in [0.15, 0.2) is 0 Å². The predicted molar refractivity (Wildman–Crippen MR) is 67.2 cm³/mol. The van der Waals surface area contributed by atoms with E-state index in [4.69, 9.17) is 5.11 Å². The van der Waals surface area contributed by atoms with Crippen LogP contribution in [0, 0.1) is 0 Å². The van der Waals surface area contributed by atoms with Gasteiger partial charge in [-0.1, -0.05) is 28.1 Å². The maximum atomic E-state index is 11.4. The number of nitrogens with zero attached hydrogens (tertiary/aromatic N) is 1. The SMILES string of the molecule is CC(O)C(=O)N(C)CCc1cccc(Br)c1. The summed E-state index contributed by atoms with van der Waals surface area (Å²) in [4.78, 5) is 12.9. The number of carbonyl (C=O) groups is 1. The summed E-state index contributed by atoms with van der Waals surface area (Å²) in [5.41, 5.74) is 1.17. The number of likely N-dealkylation sites (N-methyl/N-ethyl adjacent to an activating group) is 1. The van der Waals surface area contributed by atoms with Crippen molar-refractivity contribution in [1.82, 2.24) is 4.90 Å². The normalized spacial score (nSPS) is 12.2. The first-order chi connectivity index (χ1) is 7.50. The van der Waals surface area contributed by atoms with E-state index in [2.05, 4.69) is 15.9 Å². The molecule has 1 unspecified atom stereocenters. The molecular weight excluding hydrogens is 270 g/mol. The van der Waals surface area contributed by atoms with E-state index >= 15 is 0 Å². The zero-order chi connectivity index (χ0) is 12.1. The molecule has 0 saturated heterocycles. The minimum Gasteiger partial charge on any atom is -0.384 e. The van der Waals surface area contributed by atoms with Crippen molar-refractivity contribution < 1.29 is 9.90 Å². The van der Waals surface area contributed by atoms with Gasteiger partial charge in [0, 0.05) is 18.1 Å². The second-order valence-electron chi connectivity index (χ2n) is 3.82. The van der Waals surface area contributed by atoms with Crippen LogP contribution in [0.15, 0.2) is 28.7 Å². The number of aliphatic hydroxyl groups is 1. The van der Waals surface area contributed by atoms with Crippen LogP contribution >= 0.6 is 15.9 Å². The van der Waals surface area contributed by atoms with Crippen molar-refractivity contribution in [2.75, 3.05) is 13.6 Å². The van der Waals surface area contributed by atoms with Gasteiger partial charge >= 0.3 is 0 Å². The fraction of sp³-hybridized carbons (Fsp3) is 0.417. The Morgan fingerprint density at radius 2 is 2.25 bits per heavy atom. The molecule has 0 aliphatic rings. The van der Waals surface area contributed by atoms with Gasteiger partial charge in [0.25, 0.3) is 5.91 Å². The van der Waals surface area contributed by atoms with Gasteiger partial charge in [-0.3, -0.25) is 4.79 Å². The molecule has 1 amide bonds. The molecule has 4 heteroatoms. The summed E-state index contributed by atoms with van der Waals surface area (Å²) >= 11 is 3.40. The second kappa shape index (κ2) is 6.01. The summed E-state index contributed by atoms with van der Waals surface area (Å²) in [7, 11) is 1.70. The van der Waals surface area contributed by atoms with Crippen molar-refractivity contribution in [2.45, 2.75) is 19.4 Å². The van der Waals surface area contributed by atoms with Crippen molar-refractivity contribution >= 4 is 21.8 Å². The van der Waals surface area contributed by atoms with Crippen molar-refractivity contribution in [3.05, 3.63) is 34.3 Å². The highest BCUT2D eigenvalue weighted by Gasteiger charge is 2.13. The van der Waals surface area contributed by atoms with E-state index in [0.717, 1.165) is 10.9 Å². The molecule has 1 aromatic rings. The van der Waals surface area contributed by atoms with Gasteiger partial charge in [0.05, 0.1) is 0 Å². The van der Waals surface area contributed by atoms with Gasteiger partial charge in [-0.2, -0.15) is 0 Å². The van der Waals surface area contributed by atoms with Gasteiger partial charge < -0.3 is 10.0 Å². The standard InChI is InChI=1S/C12H16BrNO2/c1-9(15)12(16)14(2)7-6-10-4-3-5-11(13)8-10/h3-5,8-9,15H,6-7H2,1-2H3. The topological polar surface area (TPSA) is 40.5 Å². The van der Waals surface area contributed by atoms with Gasteiger partial charge in [-0.05, 0) is 31.0 Å². The molecule has 0 fully saturated rings. The fourth-order valence-corrected chi connectivity index (χ4v) is 1.87. The first-order valence-corrected chi connectivity index (χ1v) is 5.97. The maximum absolute atomic E-state index is 11.4. The molecule has 1 N–H and O–H groups in total. The minimum atomic E-state index is -0.924. The fourth-order valence-electron chi connectivity index (χ4n) is 1.42. The van der Waals surface area contributed by atoms with E-state index in [1.165, 1.54) is 12.5 Å². The Balaban J connectivity index is 2.49. The summed E-state index contributed by atoms with van der Waals surface area (Å²) in [5.74, 6) is -0.241. The highest BCUT2D eigenvalue weighted by Crippen LogP contribution is 2.12. The van der Waals surface area contributed by atoms with Crippen molar-refractivity contribution in [2.24, 2.45) is 0 Å². The average molecular weight is 286 g/mol. The van der Waals surface area contributed by atoms with Gasteiger partial charge in [-0.15, -0.1) is 0 Å². The van der Waals surface area contributed by atoms with Crippen LogP contribution in [-0.2, 0) is 11.2 Å². The van der Waals surface area contributed by atoms with Crippen LogP contribution in [-0.4, -0.2) is 35.6 Å². The quantitative estimate of drug-likeness (QED) is 0.917. The molecule has 0 aliphatic heterocycles. The summed E-state index contributed by atoms with van der Waals surface area (Å²) in [5, 5.41) is 9.13. The van der Waals surface area contributed by atoms with Gasteiger partial charge in [0.1, 0.15) is 6.10 Å². The number of benzene rings is 1. The molecule has 0 saturated carbocycles. The van der Waals surface area contributed by atoms with Crippen molar-refractivity contribution in [3.8, 4) is 0 Å². The minimum absolute atomic E-state index is 0.241. The van der Waals surface area contributed by atoms with E-state index in [9.17, 15) is 4.79 Å². The number of carbonyl (C=O) groups excluding carboxylic acids is 1. The first kappa shape index (κ1) is 13.2. The molecule has 0 radical (unpaired) electrons. The molecule has 0 aromatic heterocycles. The molecule has 1 rings (SSSR count). The zero-order valence-corrected chi connectivity index (χ0v) is 11.1. The highest BCUT2D eigenvalue weighted by molar-refractivity contribution is 9.10. The average Bonchev–Trinajstić information content (AvgIpc) is 2.24. The molecule has 0 spiro atoms. The third-order valence-corrected chi connectivity index (χ3v) is 2.85. The van der Waals surface area contributed by atoms with Gasteiger partial charge in [-0.25, -0.2) is 0 Å².